The van der Waals surface area contributed by atoms with Crippen LogP contribution in [-0.2, 0) is 19.1 Å². The average Bonchev–Trinajstić information content (AvgIpc) is 2.35. The predicted molar refractivity (Wildman–Crippen MR) is 58.1 cm³/mol. The summed E-state index contributed by atoms with van der Waals surface area (Å²) in [4.78, 5) is 33.6. The Balaban J connectivity index is 2.53. The van der Waals surface area contributed by atoms with E-state index in [1.807, 2.05) is 0 Å². The fourth-order valence-corrected chi connectivity index (χ4v) is 2.10. The number of hydrogen-bond donors (Lipinski definition) is 2. The molecule has 1 saturated carbocycles. The van der Waals surface area contributed by atoms with E-state index >= 15 is 0 Å². The minimum Gasteiger partial charge on any atom is -0.481 e. The largest absolute Gasteiger partial charge is 0.481 e. The molecule has 1 aliphatic carbocycles. The van der Waals surface area contributed by atoms with Crippen molar-refractivity contribution in [1.82, 2.24) is 5.32 Å². The highest BCUT2D eigenvalue weighted by Crippen LogP contribution is 2.30. The van der Waals surface area contributed by atoms with Crippen LogP contribution in [0.1, 0.15) is 25.7 Å². The zero-order valence-corrected chi connectivity index (χ0v) is 9.77. The summed E-state index contributed by atoms with van der Waals surface area (Å²) >= 11 is 0. The van der Waals surface area contributed by atoms with Crippen molar-refractivity contribution in [2.45, 2.75) is 25.7 Å². The van der Waals surface area contributed by atoms with E-state index in [-0.39, 0.29) is 12.5 Å². The van der Waals surface area contributed by atoms with Gasteiger partial charge in [-0.25, -0.2) is 0 Å². The number of hydrogen-bond acceptors (Lipinski definition) is 4. The Bertz CT molecular complexity index is 315. The van der Waals surface area contributed by atoms with Gasteiger partial charge in [0.2, 0.25) is 5.91 Å². The van der Waals surface area contributed by atoms with Gasteiger partial charge in [0.05, 0.1) is 18.9 Å². The first-order valence-electron chi connectivity index (χ1n) is 5.63. The number of amides is 1. The molecule has 0 saturated heterocycles. The molecule has 0 aromatic carbocycles. The Labute approximate surface area is 99.3 Å². The molecule has 0 spiro atoms. The van der Waals surface area contributed by atoms with Crippen LogP contribution in [0.5, 0.6) is 0 Å². The second-order valence-corrected chi connectivity index (χ2v) is 4.13. The number of esters is 1. The number of methoxy groups -OCH3 is 1. The molecule has 1 aliphatic rings. The summed E-state index contributed by atoms with van der Waals surface area (Å²) in [5, 5.41) is 11.4. The van der Waals surface area contributed by atoms with Gasteiger partial charge in [0.15, 0.2) is 0 Å². The van der Waals surface area contributed by atoms with Crippen molar-refractivity contribution in [3.63, 3.8) is 0 Å². The van der Waals surface area contributed by atoms with Crippen LogP contribution >= 0.6 is 0 Å². The number of carbonyl (C=O) groups excluding carboxylic acids is 2. The lowest BCUT2D eigenvalue weighted by Crippen LogP contribution is -2.41. The third kappa shape index (κ3) is 3.72. The van der Waals surface area contributed by atoms with Gasteiger partial charge < -0.3 is 15.2 Å². The molecule has 0 bridgehead atoms. The summed E-state index contributed by atoms with van der Waals surface area (Å²) in [5.41, 5.74) is 0. The maximum absolute atomic E-state index is 11.8. The van der Waals surface area contributed by atoms with Gasteiger partial charge >= 0.3 is 11.9 Å². The van der Waals surface area contributed by atoms with E-state index < -0.39 is 23.8 Å². The minimum atomic E-state index is -0.942. The van der Waals surface area contributed by atoms with Crippen LogP contribution in [0, 0.1) is 11.8 Å². The van der Waals surface area contributed by atoms with Crippen LogP contribution in [0.2, 0.25) is 0 Å². The zero-order chi connectivity index (χ0) is 12.8. The first-order valence-corrected chi connectivity index (χ1v) is 5.63. The maximum Gasteiger partial charge on any atom is 0.325 e. The van der Waals surface area contributed by atoms with Gasteiger partial charge in [0, 0.05) is 0 Å². The molecule has 0 radical (unpaired) electrons. The summed E-state index contributed by atoms with van der Waals surface area (Å²) in [6, 6.07) is 0. The van der Waals surface area contributed by atoms with Crippen LogP contribution in [0.15, 0.2) is 0 Å². The Kier molecular flexibility index (Phi) is 4.93. The number of nitrogens with one attached hydrogen (secondary N) is 1. The molecule has 0 heterocycles. The molecule has 1 rings (SSSR count). The quantitative estimate of drug-likeness (QED) is 0.686. The van der Waals surface area contributed by atoms with Crippen LogP contribution < -0.4 is 5.32 Å². The molecule has 1 fully saturated rings. The van der Waals surface area contributed by atoms with Crippen molar-refractivity contribution >= 4 is 17.8 Å². The first-order chi connectivity index (χ1) is 8.06. The SMILES string of the molecule is COC(=O)CNC(=O)C1CCCCC1C(=O)O. The molecule has 6 heteroatoms. The highest BCUT2D eigenvalue weighted by atomic mass is 16.5. The average molecular weight is 243 g/mol. The molecule has 2 atom stereocenters. The molecule has 17 heavy (non-hydrogen) atoms. The Hall–Kier alpha value is -1.59. The molecule has 0 aromatic rings. The zero-order valence-electron chi connectivity index (χ0n) is 9.77. The van der Waals surface area contributed by atoms with Gasteiger partial charge in [-0.3, -0.25) is 14.4 Å². The lowest BCUT2D eigenvalue weighted by Gasteiger charge is -2.27. The summed E-state index contributed by atoms with van der Waals surface area (Å²) in [6.45, 7) is -0.210. The van der Waals surface area contributed by atoms with E-state index in [4.69, 9.17) is 5.11 Å². The Morgan fingerprint density at radius 3 is 2.35 bits per heavy atom. The van der Waals surface area contributed by atoms with Crippen molar-refractivity contribution in [2.75, 3.05) is 13.7 Å². The number of carboxylic acid groups (broad SMARTS) is 1. The van der Waals surface area contributed by atoms with Crippen molar-refractivity contribution in [2.24, 2.45) is 11.8 Å². The third-order valence-corrected chi connectivity index (χ3v) is 3.05. The standard InChI is InChI=1S/C11H17NO5/c1-17-9(13)6-12-10(14)7-4-2-3-5-8(7)11(15)16/h7-8H,2-6H2,1H3,(H,12,14)(H,15,16). The Morgan fingerprint density at radius 1 is 1.24 bits per heavy atom. The number of rotatable bonds is 4. The van der Waals surface area contributed by atoms with E-state index in [1.54, 1.807) is 0 Å². The van der Waals surface area contributed by atoms with Gasteiger partial charge in [0.1, 0.15) is 6.54 Å². The predicted octanol–water partition coefficient (Wildman–Crippen LogP) is 0.167. The Morgan fingerprint density at radius 2 is 1.82 bits per heavy atom. The van der Waals surface area contributed by atoms with Crippen molar-refractivity contribution in [3.05, 3.63) is 0 Å². The van der Waals surface area contributed by atoms with E-state index in [0.717, 1.165) is 12.8 Å². The highest BCUT2D eigenvalue weighted by molar-refractivity contribution is 5.87. The first kappa shape index (κ1) is 13.5. The number of carboxylic acids is 1. The molecular weight excluding hydrogens is 226 g/mol. The smallest absolute Gasteiger partial charge is 0.325 e. The molecule has 96 valence electrons. The molecule has 1 amide bonds. The van der Waals surface area contributed by atoms with E-state index in [2.05, 4.69) is 10.1 Å². The van der Waals surface area contributed by atoms with E-state index in [1.165, 1.54) is 7.11 Å². The molecule has 2 unspecified atom stereocenters. The lowest BCUT2D eigenvalue weighted by atomic mass is 9.79. The van der Waals surface area contributed by atoms with Gasteiger partial charge in [-0.1, -0.05) is 12.8 Å². The van der Waals surface area contributed by atoms with Gasteiger partial charge in [0.25, 0.3) is 0 Å². The van der Waals surface area contributed by atoms with Crippen molar-refractivity contribution < 1.29 is 24.2 Å². The van der Waals surface area contributed by atoms with Crippen molar-refractivity contribution in [3.8, 4) is 0 Å². The van der Waals surface area contributed by atoms with Crippen LogP contribution in [-0.4, -0.2) is 36.6 Å². The van der Waals surface area contributed by atoms with E-state index in [9.17, 15) is 14.4 Å². The molecule has 0 aromatic heterocycles. The maximum atomic E-state index is 11.8. The lowest BCUT2D eigenvalue weighted by molar-refractivity contribution is -0.149. The second-order valence-electron chi connectivity index (χ2n) is 4.13. The molecular formula is C11H17NO5. The summed E-state index contributed by atoms with van der Waals surface area (Å²) in [7, 11) is 1.23. The molecule has 2 N–H and O–H groups in total. The summed E-state index contributed by atoms with van der Waals surface area (Å²) < 4.78 is 4.39. The second kappa shape index (κ2) is 6.22. The summed E-state index contributed by atoms with van der Waals surface area (Å²) in [5.74, 6) is -3.03. The third-order valence-electron chi connectivity index (χ3n) is 3.05. The van der Waals surface area contributed by atoms with Crippen LogP contribution in [0.25, 0.3) is 0 Å². The number of aliphatic carboxylic acids is 1. The van der Waals surface area contributed by atoms with Crippen LogP contribution in [0.4, 0.5) is 0 Å². The van der Waals surface area contributed by atoms with Gasteiger partial charge in [-0.2, -0.15) is 0 Å². The minimum absolute atomic E-state index is 0.210. The molecule has 0 aliphatic heterocycles. The van der Waals surface area contributed by atoms with Gasteiger partial charge in [-0.05, 0) is 12.8 Å². The van der Waals surface area contributed by atoms with E-state index in [0.29, 0.717) is 12.8 Å². The number of ether oxygens (including phenoxy) is 1. The molecule has 6 nitrogen and oxygen atoms in total. The normalized spacial score (nSPS) is 23.8. The fourth-order valence-electron chi connectivity index (χ4n) is 2.10. The fraction of sp³-hybridized carbons (Fsp3) is 0.727. The highest BCUT2D eigenvalue weighted by Gasteiger charge is 2.35. The summed E-state index contributed by atoms with van der Waals surface area (Å²) in [6.07, 6.45) is 2.76. The number of carbonyl (C=O) groups is 3. The van der Waals surface area contributed by atoms with Gasteiger partial charge in [-0.15, -0.1) is 0 Å². The topological polar surface area (TPSA) is 92.7 Å². The van der Waals surface area contributed by atoms with Crippen molar-refractivity contribution in [1.29, 1.82) is 0 Å². The monoisotopic (exact) mass is 243 g/mol. The van der Waals surface area contributed by atoms with Crippen LogP contribution in [0.3, 0.4) is 0 Å².